The summed E-state index contributed by atoms with van der Waals surface area (Å²) in [5.74, 6) is 1.38. The maximum absolute atomic E-state index is 11.9. The average molecular weight is 330 g/mol. The molecule has 1 fully saturated rings. The minimum atomic E-state index is 0.0116. The Kier molecular flexibility index (Phi) is 5.32. The van der Waals surface area contributed by atoms with E-state index in [1.165, 1.54) is 0 Å². The molecule has 0 atom stereocenters. The van der Waals surface area contributed by atoms with Gasteiger partial charge in [-0.15, -0.1) is 0 Å². The Morgan fingerprint density at radius 3 is 2.79 bits per heavy atom. The molecule has 0 bridgehead atoms. The van der Waals surface area contributed by atoms with Gasteiger partial charge in [-0.3, -0.25) is 14.4 Å². The molecule has 0 unspecified atom stereocenters. The third-order valence-electron chi connectivity index (χ3n) is 3.95. The van der Waals surface area contributed by atoms with E-state index >= 15 is 0 Å². The largest absolute Gasteiger partial charge is 0.493 e. The van der Waals surface area contributed by atoms with Crippen molar-refractivity contribution >= 4 is 5.91 Å². The fraction of sp³-hybridized carbons (Fsp3) is 0.412. The van der Waals surface area contributed by atoms with E-state index in [0.29, 0.717) is 37.2 Å². The van der Waals surface area contributed by atoms with E-state index < -0.39 is 0 Å². The molecule has 0 radical (unpaired) electrons. The number of nitrogens with one attached hydrogen (secondary N) is 1. The second-order valence-corrected chi connectivity index (χ2v) is 5.68. The van der Waals surface area contributed by atoms with Gasteiger partial charge in [0.2, 0.25) is 5.91 Å². The van der Waals surface area contributed by atoms with Crippen molar-refractivity contribution in [1.29, 1.82) is 0 Å². The monoisotopic (exact) mass is 330 g/mol. The Hall–Kier alpha value is -2.54. The SMILES string of the molecule is COc1ccccc1OCCNC(=O)CN1CC(n2cccn2)C1. The van der Waals surface area contributed by atoms with E-state index in [0.717, 1.165) is 13.1 Å². The third kappa shape index (κ3) is 4.05. The first-order valence-corrected chi connectivity index (χ1v) is 8.00. The van der Waals surface area contributed by atoms with Crippen molar-refractivity contribution < 1.29 is 14.3 Å². The van der Waals surface area contributed by atoms with Gasteiger partial charge in [0.25, 0.3) is 0 Å². The van der Waals surface area contributed by atoms with Crippen LogP contribution < -0.4 is 14.8 Å². The van der Waals surface area contributed by atoms with Gasteiger partial charge in [-0.1, -0.05) is 12.1 Å². The van der Waals surface area contributed by atoms with Crippen LogP contribution in [0.4, 0.5) is 0 Å². The number of para-hydroxylation sites is 2. The van der Waals surface area contributed by atoms with Crippen LogP contribution in [0.2, 0.25) is 0 Å². The van der Waals surface area contributed by atoms with Crippen molar-refractivity contribution in [3.05, 3.63) is 42.7 Å². The number of aromatic nitrogens is 2. The minimum Gasteiger partial charge on any atom is -0.493 e. The van der Waals surface area contributed by atoms with Gasteiger partial charge < -0.3 is 14.8 Å². The molecule has 1 N–H and O–H groups in total. The molecule has 0 saturated carbocycles. The summed E-state index contributed by atoms with van der Waals surface area (Å²) < 4.78 is 12.8. The summed E-state index contributed by atoms with van der Waals surface area (Å²) in [6, 6.07) is 9.75. The van der Waals surface area contributed by atoms with E-state index in [4.69, 9.17) is 9.47 Å². The van der Waals surface area contributed by atoms with Gasteiger partial charge in [0.05, 0.1) is 26.2 Å². The highest BCUT2D eigenvalue weighted by atomic mass is 16.5. The maximum Gasteiger partial charge on any atom is 0.234 e. The zero-order chi connectivity index (χ0) is 16.8. The molecule has 24 heavy (non-hydrogen) atoms. The lowest BCUT2D eigenvalue weighted by Gasteiger charge is -2.38. The number of carbonyl (C=O) groups excluding carboxylic acids is 1. The summed E-state index contributed by atoms with van der Waals surface area (Å²) >= 11 is 0. The quantitative estimate of drug-likeness (QED) is 0.730. The normalized spacial score (nSPS) is 14.9. The Morgan fingerprint density at radius 1 is 1.29 bits per heavy atom. The lowest BCUT2D eigenvalue weighted by molar-refractivity contribution is -0.123. The van der Waals surface area contributed by atoms with Gasteiger partial charge in [0.1, 0.15) is 6.61 Å². The number of rotatable bonds is 8. The molecule has 0 spiro atoms. The number of methoxy groups -OCH3 is 1. The second-order valence-electron chi connectivity index (χ2n) is 5.68. The van der Waals surface area contributed by atoms with Crippen LogP contribution in [-0.4, -0.2) is 60.5 Å². The maximum atomic E-state index is 11.9. The van der Waals surface area contributed by atoms with Crippen molar-refractivity contribution in [2.75, 3.05) is 39.9 Å². The first kappa shape index (κ1) is 16.3. The predicted octanol–water partition coefficient (Wildman–Crippen LogP) is 0.944. The molecule has 2 heterocycles. The second kappa shape index (κ2) is 7.83. The van der Waals surface area contributed by atoms with Crippen LogP contribution in [-0.2, 0) is 4.79 Å². The lowest BCUT2D eigenvalue weighted by Crippen LogP contribution is -2.51. The van der Waals surface area contributed by atoms with Gasteiger partial charge in [-0.25, -0.2) is 0 Å². The number of likely N-dealkylation sites (tertiary alicyclic amines) is 1. The molecule has 1 aliphatic heterocycles. The number of nitrogens with zero attached hydrogens (tertiary/aromatic N) is 3. The van der Waals surface area contributed by atoms with Crippen molar-refractivity contribution in [2.45, 2.75) is 6.04 Å². The third-order valence-corrected chi connectivity index (χ3v) is 3.95. The molecule has 7 nitrogen and oxygen atoms in total. The van der Waals surface area contributed by atoms with Gasteiger partial charge in [-0.05, 0) is 18.2 Å². The number of amides is 1. The molecule has 2 aromatic rings. The summed E-state index contributed by atoms with van der Waals surface area (Å²) in [6.45, 7) is 2.99. The Labute approximate surface area is 141 Å². The molecular weight excluding hydrogens is 308 g/mol. The Balaban J connectivity index is 1.31. The number of ether oxygens (including phenoxy) is 2. The molecule has 1 aromatic carbocycles. The molecule has 1 saturated heterocycles. The van der Waals surface area contributed by atoms with E-state index in [1.54, 1.807) is 13.3 Å². The van der Waals surface area contributed by atoms with E-state index in [1.807, 2.05) is 41.2 Å². The van der Waals surface area contributed by atoms with Gasteiger partial charge >= 0.3 is 0 Å². The van der Waals surface area contributed by atoms with Crippen LogP contribution in [0.15, 0.2) is 42.7 Å². The molecule has 0 aliphatic carbocycles. The Morgan fingerprint density at radius 2 is 2.08 bits per heavy atom. The highest BCUT2D eigenvalue weighted by molar-refractivity contribution is 5.78. The summed E-state index contributed by atoms with van der Waals surface area (Å²) in [4.78, 5) is 14.0. The molecule has 1 amide bonds. The fourth-order valence-electron chi connectivity index (χ4n) is 2.68. The van der Waals surface area contributed by atoms with Crippen LogP contribution in [0.25, 0.3) is 0 Å². The zero-order valence-corrected chi connectivity index (χ0v) is 13.7. The van der Waals surface area contributed by atoms with Crippen LogP contribution in [0.1, 0.15) is 6.04 Å². The van der Waals surface area contributed by atoms with E-state index in [-0.39, 0.29) is 5.91 Å². The molecular formula is C17H22N4O3. The van der Waals surface area contributed by atoms with Gasteiger partial charge in [-0.2, -0.15) is 5.10 Å². The van der Waals surface area contributed by atoms with Crippen LogP contribution >= 0.6 is 0 Å². The van der Waals surface area contributed by atoms with E-state index in [9.17, 15) is 4.79 Å². The molecule has 128 valence electrons. The number of hydrogen-bond acceptors (Lipinski definition) is 5. The lowest BCUT2D eigenvalue weighted by atomic mass is 10.1. The molecule has 7 heteroatoms. The first-order chi connectivity index (χ1) is 11.8. The highest BCUT2D eigenvalue weighted by Gasteiger charge is 2.29. The standard InChI is InChI=1S/C17H22N4O3/c1-23-15-5-2-3-6-16(15)24-10-8-18-17(22)13-20-11-14(12-20)21-9-4-7-19-21/h2-7,9,14H,8,10-13H2,1H3,(H,18,22). The first-order valence-electron chi connectivity index (χ1n) is 8.00. The van der Waals surface area contributed by atoms with Crippen molar-refractivity contribution in [3.8, 4) is 11.5 Å². The summed E-state index contributed by atoms with van der Waals surface area (Å²) in [5, 5.41) is 7.09. The fourth-order valence-corrected chi connectivity index (χ4v) is 2.68. The van der Waals surface area contributed by atoms with Gasteiger partial charge in [0.15, 0.2) is 11.5 Å². The predicted molar refractivity (Wildman–Crippen MR) is 89.2 cm³/mol. The van der Waals surface area contributed by atoms with Crippen molar-refractivity contribution in [1.82, 2.24) is 20.0 Å². The van der Waals surface area contributed by atoms with Crippen molar-refractivity contribution in [2.24, 2.45) is 0 Å². The number of hydrogen-bond donors (Lipinski definition) is 1. The average Bonchev–Trinajstić information content (AvgIpc) is 3.09. The topological polar surface area (TPSA) is 68.6 Å². The number of benzene rings is 1. The highest BCUT2D eigenvalue weighted by Crippen LogP contribution is 2.25. The molecule has 1 aromatic heterocycles. The Bertz CT molecular complexity index is 654. The summed E-state index contributed by atoms with van der Waals surface area (Å²) in [6.07, 6.45) is 3.73. The minimum absolute atomic E-state index is 0.0116. The van der Waals surface area contributed by atoms with Crippen LogP contribution in [0, 0.1) is 0 Å². The van der Waals surface area contributed by atoms with Crippen LogP contribution in [0.3, 0.4) is 0 Å². The van der Waals surface area contributed by atoms with E-state index in [2.05, 4.69) is 15.3 Å². The zero-order valence-electron chi connectivity index (χ0n) is 13.7. The number of carbonyl (C=O) groups is 1. The van der Waals surface area contributed by atoms with Crippen LogP contribution in [0.5, 0.6) is 11.5 Å². The summed E-state index contributed by atoms with van der Waals surface area (Å²) in [5.41, 5.74) is 0. The van der Waals surface area contributed by atoms with Crippen molar-refractivity contribution in [3.63, 3.8) is 0 Å². The van der Waals surface area contributed by atoms with Gasteiger partial charge in [0, 0.05) is 25.5 Å². The smallest absolute Gasteiger partial charge is 0.234 e. The molecule has 1 aliphatic rings. The summed E-state index contributed by atoms with van der Waals surface area (Å²) in [7, 11) is 1.60. The molecule has 3 rings (SSSR count).